The third-order valence-corrected chi connectivity index (χ3v) is 6.08. The minimum absolute atomic E-state index is 0.162. The van der Waals surface area contributed by atoms with Crippen LogP contribution in [0.15, 0.2) is 35.2 Å². The number of piperidine rings is 1. The quantitative estimate of drug-likeness (QED) is 0.610. The summed E-state index contributed by atoms with van der Waals surface area (Å²) in [7, 11) is -3.29. The highest BCUT2D eigenvalue weighted by Gasteiger charge is 2.32. The van der Waals surface area contributed by atoms with E-state index >= 15 is 0 Å². The topological polar surface area (TPSA) is 37.4 Å². The Kier molecular flexibility index (Phi) is 4.43. The summed E-state index contributed by atoms with van der Waals surface area (Å²) in [5.41, 5.74) is 0. The van der Waals surface area contributed by atoms with E-state index in [2.05, 4.69) is 22.6 Å². The van der Waals surface area contributed by atoms with Gasteiger partial charge in [0.15, 0.2) is 0 Å². The van der Waals surface area contributed by atoms with Gasteiger partial charge in [0.25, 0.3) is 0 Å². The second kappa shape index (κ2) is 5.67. The summed E-state index contributed by atoms with van der Waals surface area (Å²) < 4.78 is 27.5. The number of alkyl halides is 1. The van der Waals surface area contributed by atoms with Gasteiger partial charge in [-0.15, -0.1) is 0 Å². The van der Waals surface area contributed by atoms with Gasteiger partial charge in [0.05, 0.1) is 4.90 Å². The standard InChI is InChI=1S/C12H16INO2S/c13-10-11-6-4-5-9-14(11)17(15,16)12-7-2-1-3-8-12/h1-3,7-8,11H,4-6,9-10H2. The Labute approximate surface area is 116 Å². The molecular formula is C12H16INO2S. The molecular weight excluding hydrogens is 349 g/mol. The third-order valence-electron chi connectivity index (χ3n) is 3.10. The molecule has 94 valence electrons. The zero-order chi connectivity index (χ0) is 12.3. The molecule has 3 nitrogen and oxygen atoms in total. The highest BCUT2D eigenvalue weighted by atomic mass is 127. The van der Waals surface area contributed by atoms with E-state index in [1.165, 1.54) is 0 Å². The Hall–Kier alpha value is -0.140. The number of rotatable bonds is 3. The predicted octanol–water partition coefficient (Wildman–Crippen LogP) is 2.66. The second-order valence-corrected chi connectivity index (χ2v) is 7.00. The van der Waals surface area contributed by atoms with Crippen molar-refractivity contribution in [3.63, 3.8) is 0 Å². The van der Waals surface area contributed by atoms with Gasteiger partial charge in [0.1, 0.15) is 0 Å². The van der Waals surface area contributed by atoms with Crippen molar-refractivity contribution in [2.75, 3.05) is 11.0 Å². The van der Waals surface area contributed by atoms with Crippen molar-refractivity contribution in [3.05, 3.63) is 30.3 Å². The number of hydrogen-bond acceptors (Lipinski definition) is 2. The lowest BCUT2D eigenvalue weighted by Crippen LogP contribution is -2.44. The van der Waals surface area contributed by atoms with E-state index in [0.717, 1.165) is 23.7 Å². The smallest absolute Gasteiger partial charge is 0.207 e. The molecule has 0 saturated carbocycles. The zero-order valence-electron chi connectivity index (χ0n) is 9.55. The Morgan fingerprint density at radius 1 is 1.24 bits per heavy atom. The van der Waals surface area contributed by atoms with Crippen LogP contribution in [0.25, 0.3) is 0 Å². The fourth-order valence-electron chi connectivity index (χ4n) is 2.17. The average Bonchev–Trinajstić information content (AvgIpc) is 2.39. The number of nitrogens with zero attached hydrogens (tertiary/aromatic N) is 1. The molecule has 0 amide bonds. The van der Waals surface area contributed by atoms with E-state index in [4.69, 9.17) is 0 Å². The summed E-state index contributed by atoms with van der Waals surface area (Å²) in [6.07, 6.45) is 3.09. The summed E-state index contributed by atoms with van der Waals surface area (Å²) in [5, 5.41) is 0. The average molecular weight is 365 g/mol. The van der Waals surface area contributed by atoms with Crippen LogP contribution in [-0.2, 0) is 10.0 Å². The van der Waals surface area contributed by atoms with Crippen LogP contribution in [0.4, 0.5) is 0 Å². The highest BCUT2D eigenvalue weighted by Crippen LogP contribution is 2.26. The first-order valence-corrected chi connectivity index (χ1v) is 8.75. The second-order valence-electron chi connectivity index (χ2n) is 4.23. The van der Waals surface area contributed by atoms with Crippen molar-refractivity contribution in [2.45, 2.75) is 30.2 Å². The number of sulfonamides is 1. The van der Waals surface area contributed by atoms with Crippen molar-refractivity contribution in [1.82, 2.24) is 4.31 Å². The lowest BCUT2D eigenvalue weighted by molar-refractivity contribution is 0.275. The summed E-state index contributed by atoms with van der Waals surface area (Å²) in [6, 6.07) is 8.90. The molecule has 0 aromatic heterocycles. The lowest BCUT2D eigenvalue weighted by atomic mass is 10.1. The van der Waals surface area contributed by atoms with Crippen molar-refractivity contribution in [2.24, 2.45) is 0 Å². The van der Waals surface area contributed by atoms with Crippen LogP contribution in [0.5, 0.6) is 0 Å². The fourth-order valence-corrected chi connectivity index (χ4v) is 5.07. The van der Waals surface area contributed by atoms with Gasteiger partial charge in [-0.05, 0) is 25.0 Å². The normalized spacial score (nSPS) is 22.5. The van der Waals surface area contributed by atoms with Gasteiger partial charge in [-0.2, -0.15) is 4.31 Å². The van der Waals surface area contributed by atoms with Crippen LogP contribution in [0, 0.1) is 0 Å². The van der Waals surface area contributed by atoms with E-state index in [1.54, 1.807) is 28.6 Å². The van der Waals surface area contributed by atoms with Gasteiger partial charge >= 0.3 is 0 Å². The molecule has 1 aromatic carbocycles. The Balaban J connectivity index is 2.31. The van der Waals surface area contributed by atoms with Crippen molar-refractivity contribution < 1.29 is 8.42 Å². The van der Waals surface area contributed by atoms with Crippen LogP contribution in [-0.4, -0.2) is 29.7 Å². The summed E-state index contributed by atoms with van der Waals surface area (Å²) in [4.78, 5) is 0.414. The van der Waals surface area contributed by atoms with Gasteiger partial charge in [0.2, 0.25) is 10.0 Å². The first-order valence-electron chi connectivity index (χ1n) is 5.79. The molecule has 1 heterocycles. The number of halogens is 1. The van der Waals surface area contributed by atoms with Crippen LogP contribution < -0.4 is 0 Å². The minimum atomic E-state index is -3.29. The first kappa shape index (κ1) is 13.3. The van der Waals surface area contributed by atoms with E-state index < -0.39 is 10.0 Å². The maximum atomic E-state index is 12.5. The Morgan fingerprint density at radius 2 is 1.94 bits per heavy atom. The zero-order valence-corrected chi connectivity index (χ0v) is 12.5. The van der Waals surface area contributed by atoms with E-state index in [1.807, 2.05) is 6.07 Å². The summed E-state index contributed by atoms with van der Waals surface area (Å²) >= 11 is 2.28. The molecule has 1 aliphatic rings. The molecule has 1 unspecified atom stereocenters. The van der Waals surface area contributed by atoms with Gasteiger partial charge in [-0.25, -0.2) is 8.42 Å². The van der Waals surface area contributed by atoms with Crippen LogP contribution in [0.1, 0.15) is 19.3 Å². The number of hydrogen-bond donors (Lipinski definition) is 0. The molecule has 1 saturated heterocycles. The molecule has 1 aromatic rings. The molecule has 5 heteroatoms. The minimum Gasteiger partial charge on any atom is -0.207 e. The molecule has 0 radical (unpaired) electrons. The maximum Gasteiger partial charge on any atom is 0.243 e. The fraction of sp³-hybridized carbons (Fsp3) is 0.500. The Bertz CT molecular complexity index is 461. The largest absolute Gasteiger partial charge is 0.243 e. The van der Waals surface area contributed by atoms with E-state index in [-0.39, 0.29) is 6.04 Å². The van der Waals surface area contributed by atoms with Crippen LogP contribution in [0.2, 0.25) is 0 Å². The molecule has 0 N–H and O–H groups in total. The van der Waals surface area contributed by atoms with Crippen LogP contribution in [0.3, 0.4) is 0 Å². The summed E-state index contributed by atoms with van der Waals surface area (Å²) in [5.74, 6) is 0. The van der Waals surface area contributed by atoms with Crippen molar-refractivity contribution in [3.8, 4) is 0 Å². The van der Waals surface area contributed by atoms with Gasteiger partial charge in [0, 0.05) is 17.0 Å². The molecule has 1 fully saturated rings. The molecule has 0 aliphatic carbocycles. The Morgan fingerprint density at radius 3 is 2.59 bits per heavy atom. The van der Waals surface area contributed by atoms with Gasteiger partial charge in [-0.1, -0.05) is 47.2 Å². The molecule has 1 aliphatic heterocycles. The lowest BCUT2D eigenvalue weighted by Gasteiger charge is -2.33. The maximum absolute atomic E-state index is 12.5. The highest BCUT2D eigenvalue weighted by molar-refractivity contribution is 14.1. The molecule has 17 heavy (non-hydrogen) atoms. The third kappa shape index (κ3) is 2.82. The monoisotopic (exact) mass is 365 g/mol. The van der Waals surface area contributed by atoms with Crippen LogP contribution >= 0.6 is 22.6 Å². The van der Waals surface area contributed by atoms with Gasteiger partial charge in [-0.3, -0.25) is 0 Å². The SMILES string of the molecule is O=S(=O)(c1ccccc1)N1CCCCC1CI. The van der Waals surface area contributed by atoms with E-state index in [0.29, 0.717) is 11.4 Å². The summed E-state index contributed by atoms with van der Waals surface area (Å²) in [6.45, 7) is 0.658. The number of benzene rings is 1. The first-order chi connectivity index (χ1) is 8.16. The van der Waals surface area contributed by atoms with Crippen molar-refractivity contribution in [1.29, 1.82) is 0 Å². The van der Waals surface area contributed by atoms with Crippen molar-refractivity contribution >= 4 is 32.6 Å². The molecule has 1 atom stereocenters. The van der Waals surface area contributed by atoms with E-state index in [9.17, 15) is 8.42 Å². The van der Waals surface area contributed by atoms with Gasteiger partial charge < -0.3 is 0 Å². The predicted molar refractivity (Wildman–Crippen MR) is 76.9 cm³/mol. The molecule has 0 spiro atoms. The molecule has 2 rings (SSSR count). The molecule has 0 bridgehead atoms.